The molecule has 6 heteroatoms. The van der Waals surface area contributed by atoms with E-state index in [1.165, 1.54) is 0 Å². The van der Waals surface area contributed by atoms with E-state index in [1.807, 2.05) is 27.7 Å². The van der Waals surface area contributed by atoms with Crippen LogP contribution in [0.1, 0.15) is 27.7 Å². The third-order valence-corrected chi connectivity index (χ3v) is 3.40. The molecule has 102 valence electrons. The molecule has 5 nitrogen and oxygen atoms in total. The summed E-state index contributed by atoms with van der Waals surface area (Å²) in [5.41, 5.74) is -0.438. The van der Waals surface area contributed by atoms with E-state index in [1.54, 1.807) is 23.2 Å². The molecule has 0 aliphatic rings. The zero-order chi connectivity index (χ0) is 13.9. The molecule has 0 aromatic carbocycles. The van der Waals surface area contributed by atoms with Crippen LogP contribution >= 0.6 is 0 Å². The molecule has 0 spiro atoms. The summed E-state index contributed by atoms with van der Waals surface area (Å²) in [5, 5.41) is 3.02. The Morgan fingerprint density at radius 2 is 2.11 bits per heavy atom. The van der Waals surface area contributed by atoms with Crippen molar-refractivity contribution in [3.63, 3.8) is 0 Å². The molecular weight excluding hydrogens is 250 g/mol. The van der Waals surface area contributed by atoms with Crippen LogP contribution in [0.5, 0.6) is 0 Å². The van der Waals surface area contributed by atoms with E-state index in [0.29, 0.717) is 11.6 Å². The number of nitrogens with zero attached hydrogens (tertiary/aromatic N) is 2. The van der Waals surface area contributed by atoms with Gasteiger partial charge in [-0.1, -0.05) is 0 Å². The van der Waals surface area contributed by atoms with Crippen molar-refractivity contribution >= 4 is 16.6 Å². The number of hydrogen-bond donors (Lipinski definition) is 1. The predicted molar refractivity (Wildman–Crippen MR) is 75.5 cm³/mol. The van der Waals surface area contributed by atoms with Crippen molar-refractivity contribution in [2.24, 2.45) is 0 Å². The SMILES string of the molecule is CC(CS(C)=O)Nc1nccn(C(C)(C)C)c1=O. The van der Waals surface area contributed by atoms with Crippen molar-refractivity contribution in [3.8, 4) is 0 Å². The summed E-state index contributed by atoms with van der Waals surface area (Å²) in [4.78, 5) is 16.3. The van der Waals surface area contributed by atoms with E-state index in [0.717, 1.165) is 0 Å². The second-order valence-electron chi connectivity index (χ2n) is 5.41. The van der Waals surface area contributed by atoms with Crippen LogP contribution in [-0.2, 0) is 16.3 Å². The van der Waals surface area contributed by atoms with E-state index in [-0.39, 0.29) is 17.1 Å². The van der Waals surface area contributed by atoms with Crippen molar-refractivity contribution in [2.45, 2.75) is 39.3 Å². The first kappa shape index (κ1) is 14.9. The van der Waals surface area contributed by atoms with Crippen LogP contribution in [0.25, 0.3) is 0 Å². The molecule has 18 heavy (non-hydrogen) atoms. The number of aromatic nitrogens is 2. The molecule has 0 saturated carbocycles. The van der Waals surface area contributed by atoms with Crippen LogP contribution < -0.4 is 10.9 Å². The summed E-state index contributed by atoms with van der Waals surface area (Å²) >= 11 is 0. The van der Waals surface area contributed by atoms with Gasteiger partial charge in [0, 0.05) is 46.8 Å². The third kappa shape index (κ3) is 3.94. The van der Waals surface area contributed by atoms with E-state index in [4.69, 9.17) is 0 Å². The molecule has 0 saturated heterocycles. The van der Waals surface area contributed by atoms with Gasteiger partial charge in [-0.15, -0.1) is 0 Å². The van der Waals surface area contributed by atoms with Crippen molar-refractivity contribution in [3.05, 3.63) is 22.7 Å². The molecule has 0 fully saturated rings. The van der Waals surface area contributed by atoms with Crippen molar-refractivity contribution in [1.29, 1.82) is 0 Å². The summed E-state index contributed by atoms with van der Waals surface area (Å²) in [6, 6.07) is -0.0492. The summed E-state index contributed by atoms with van der Waals surface area (Å²) < 4.78 is 12.8. The van der Waals surface area contributed by atoms with Gasteiger partial charge in [0.05, 0.1) is 0 Å². The van der Waals surface area contributed by atoms with Gasteiger partial charge in [-0.25, -0.2) is 4.98 Å². The maximum atomic E-state index is 12.2. The Balaban J connectivity index is 2.98. The van der Waals surface area contributed by atoms with Gasteiger partial charge in [0.15, 0.2) is 5.82 Å². The fraction of sp³-hybridized carbons (Fsp3) is 0.667. The van der Waals surface area contributed by atoms with Crippen LogP contribution in [0.3, 0.4) is 0 Å². The minimum Gasteiger partial charge on any atom is -0.362 e. The molecule has 1 heterocycles. The smallest absolute Gasteiger partial charge is 0.293 e. The van der Waals surface area contributed by atoms with Crippen molar-refractivity contribution < 1.29 is 4.21 Å². The largest absolute Gasteiger partial charge is 0.362 e. The maximum absolute atomic E-state index is 12.2. The Morgan fingerprint density at radius 3 is 2.61 bits per heavy atom. The Bertz CT molecular complexity index is 491. The monoisotopic (exact) mass is 271 g/mol. The van der Waals surface area contributed by atoms with Crippen LogP contribution in [0.4, 0.5) is 5.82 Å². The summed E-state index contributed by atoms with van der Waals surface area (Å²) in [6.45, 7) is 7.77. The number of anilines is 1. The third-order valence-electron chi connectivity index (χ3n) is 2.43. The van der Waals surface area contributed by atoms with Gasteiger partial charge in [0.25, 0.3) is 5.56 Å². The summed E-state index contributed by atoms with van der Waals surface area (Å²) in [7, 11) is -0.897. The normalized spacial score (nSPS) is 15.2. The van der Waals surface area contributed by atoms with Crippen molar-refractivity contribution in [2.75, 3.05) is 17.3 Å². The Labute approximate surface area is 110 Å². The molecule has 0 bridgehead atoms. The zero-order valence-corrected chi connectivity index (χ0v) is 12.4. The number of nitrogens with one attached hydrogen (secondary N) is 1. The van der Waals surface area contributed by atoms with Gasteiger partial charge in [-0.2, -0.15) is 0 Å². The molecule has 0 amide bonds. The van der Waals surface area contributed by atoms with Gasteiger partial charge in [0.2, 0.25) is 0 Å². The lowest BCUT2D eigenvalue weighted by molar-refractivity contribution is 0.383. The topological polar surface area (TPSA) is 64.0 Å². The molecule has 0 radical (unpaired) electrons. The van der Waals surface area contributed by atoms with Crippen LogP contribution in [0.15, 0.2) is 17.2 Å². The van der Waals surface area contributed by atoms with Gasteiger partial charge < -0.3 is 9.88 Å². The van der Waals surface area contributed by atoms with Gasteiger partial charge in [-0.3, -0.25) is 9.00 Å². The quantitative estimate of drug-likeness (QED) is 0.893. The molecule has 1 rings (SSSR count). The number of rotatable bonds is 4. The van der Waals surface area contributed by atoms with Gasteiger partial charge in [-0.05, 0) is 27.7 Å². The average Bonchev–Trinajstić information content (AvgIpc) is 2.18. The van der Waals surface area contributed by atoms with Gasteiger partial charge in [0.1, 0.15) is 0 Å². The second kappa shape index (κ2) is 5.65. The first-order valence-electron chi connectivity index (χ1n) is 5.86. The highest BCUT2D eigenvalue weighted by atomic mass is 32.2. The fourth-order valence-corrected chi connectivity index (χ4v) is 2.45. The summed E-state index contributed by atoms with van der Waals surface area (Å²) in [6.07, 6.45) is 4.92. The van der Waals surface area contributed by atoms with Crippen LogP contribution in [0.2, 0.25) is 0 Å². The minimum absolute atomic E-state index is 0.0492. The lowest BCUT2D eigenvalue weighted by Crippen LogP contribution is -2.37. The molecule has 2 atom stereocenters. The first-order valence-corrected chi connectivity index (χ1v) is 7.59. The fourth-order valence-electron chi connectivity index (χ4n) is 1.67. The predicted octanol–water partition coefficient (Wildman–Crippen LogP) is 1.18. The minimum atomic E-state index is -0.897. The van der Waals surface area contributed by atoms with Crippen molar-refractivity contribution in [1.82, 2.24) is 9.55 Å². The van der Waals surface area contributed by atoms with Crippen LogP contribution in [-0.4, -0.2) is 31.8 Å². The highest BCUT2D eigenvalue weighted by molar-refractivity contribution is 7.84. The van der Waals surface area contributed by atoms with Gasteiger partial charge >= 0.3 is 0 Å². The maximum Gasteiger partial charge on any atom is 0.293 e. The lowest BCUT2D eigenvalue weighted by Gasteiger charge is -2.23. The summed E-state index contributed by atoms with van der Waals surface area (Å²) in [5.74, 6) is 0.802. The first-order chi connectivity index (χ1) is 8.21. The molecular formula is C12H21N3O2S. The zero-order valence-electron chi connectivity index (χ0n) is 11.6. The molecule has 1 aromatic rings. The molecule has 0 aliphatic heterocycles. The Hall–Kier alpha value is -1.17. The van der Waals surface area contributed by atoms with E-state index in [2.05, 4.69) is 10.3 Å². The Morgan fingerprint density at radius 1 is 1.50 bits per heavy atom. The molecule has 1 N–H and O–H groups in total. The second-order valence-corrected chi connectivity index (χ2v) is 6.89. The van der Waals surface area contributed by atoms with E-state index in [9.17, 15) is 9.00 Å². The average molecular weight is 271 g/mol. The standard InChI is InChI=1S/C12H21N3O2S/c1-9(8-18(5)17)14-10-11(16)15(7-6-13-10)12(2,3)4/h6-7,9H,8H2,1-5H3,(H,13,14). The highest BCUT2D eigenvalue weighted by Crippen LogP contribution is 2.11. The molecule has 1 aromatic heterocycles. The van der Waals surface area contributed by atoms with E-state index < -0.39 is 10.8 Å². The molecule has 2 unspecified atom stereocenters. The molecule has 0 aliphatic carbocycles. The van der Waals surface area contributed by atoms with Crippen LogP contribution in [0, 0.1) is 0 Å². The lowest BCUT2D eigenvalue weighted by atomic mass is 10.1. The Kier molecular flexibility index (Phi) is 4.67. The number of hydrogen-bond acceptors (Lipinski definition) is 4. The highest BCUT2D eigenvalue weighted by Gasteiger charge is 2.17. The van der Waals surface area contributed by atoms with E-state index >= 15 is 0 Å².